The predicted molar refractivity (Wildman–Crippen MR) is 75.1 cm³/mol. The zero-order valence-corrected chi connectivity index (χ0v) is 11.8. The first-order valence-corrected chi connectivity index (χ1v) is 7.12. The topological polar surface area (TPSA) is 102 Å². The van der Waals surface area contributed by atoms with Crippen LogP contribution in [0.15, 0.2) is 23.1 Å². The highest BCUT2D eigenvalue weighted by atomic mass is 32.2. The number of nitro benzene ring substituents is 1. The Labute approximate surface area is 120 Å². The van der Waals surface area contributed by atoms with Crippen LogP contribution in [-0.4, -0.2) is 48.6 Å². The van der Waals surface area contributed by atoms with Gasteiger partial charge in [-0.05, 0) is 18.4 Å². The molecule has 110 valence electrons. The quantitative estimate of drug-likeness (QED) is 0.322. The molecule has 0 bridgehead atoms. The van der Waals surface area contributed by atoms with E-state index in [4.69, 9.17) is 9.84 Å². The van der Waals surface area contributed by atoms with Gasteiger partial charge < -0.3 is 15.2 Å². The molecule has 0 saturated heterocycles. The highest BCUT2D eigenvalue weighted by molar-refractivity contribution is 7.98. The van der Waals surface area contributed by atoms with Gasteiger partial charge in [0.2, 0.25) is 0 Å². The van der Waals surface area contributed by atoms with Crippen molar-refractivity contribution in [3.8, 4) is 0 Å². The molecule has 0 radical (unpaired) electrons. The standard InChI is InChI=1S/C12H16N2O5S/c1-20-11-3-2-9(8-10(11)14(17)18)12(16)13-4-6-19-7-5-15/h2-3,8,15H,4-7H2,1H3,(H,13,16). The number of benzene rings is 1. The van der Waals surface area contributed by atoms with Crippen molar-refractivity contribution in [3.63, 3.8) is 0 Å². The molecule has 0 heterocycles. The minimum absolute atomic E-state index is 0.0731. The van der Waals surface area contributed by atoms with E-state index in [1.54, 1.807) is 18.4 Å². The molecule has 0 saturated carbocycles. The molecule has 0 unspecified atom stereocenters. The third kappa shape index (κ3) is 4.80. The number of aliphatic hydroxyl groups excluding tert-OH is 1. The molecular formula is C12H16N2O5S. The van der Waals surface area contributed by atoms with Crippen molar-refractivity contribution >= 4 is 23.4 Å². The molecule has 0 aliphatic heterocycles. The summed E-state index contributed by atoms with van der Waals surface area (Å²) in [5.41, 5.74) is 0.151. The van der Waals surface area contributed by atoms with Crippen molar-refractivity contribution in [2.24, 2.45) is 0 Å². The first-order chi connectivity index (χ1) is 9.60. The summed E-state index contributed by atoms with van der Waals surface area (Å²) in [5, 5.41) is 22.0. The normalized spacial score (nSPS) is 10.3. The van der Waals surface area contributed by atoms with Crippen LogP contribution in [0.25, 0.3) is 0 Å². The number of nitro groups is 1. The second-order valence-electron chi connectivity index (χ2n) is 3.74. The molecule has 0 spiro atoms. The smallest absolute Gasteiger partial charge is 0.283 e. The van der Waals surface area contributed by atoms with Crippen LogP contribution in [0.2, 0.25) is 0 Å². The number of nitrogens with one attached hydrogen (secondary N) is 1. The molecule has 20 heavy (non-hydrogen) atoms. The zero-order valence-electron chi connectivity index (χ0n) is 11.0. The Kier molecular flexibility index (Phi) is 6.99. The van der Waals surface area contributed by atoms with Crippen molar-refractivity contribution in [1.82, 2.24) is 5.32 Å². The van der Waals surface area contributed by atoms with Crippen molar-refractivity contribution in [2.45, 2.75) is 4.90 Å². The van der Waals surface area contributed by atoms with E-state index in [1.807, 2.05) is 0 Å². The van der Waals surface area contributed by atoms with Crippen molar-refractivity contribution in [2.75, 3.05) is 32.6 Å². The number of aliphatic hydroxyl groups is 1. The van der Waals surface area contributed by atoms with Crippen LogP contribution in [0.1, 0.15) is 10.4 Å². The molecule has 0 atom stereocenters. The third-order valence-electron chi connectivity index (χ3n) is 2.41. The number of amides is 1. The summed E-state index contributed by atoms with van der Waals surface area (Å²) in [6.45, 7) is 0.689. The van der Waals surface area contributed by atoms with Gasteiger partial charge in [0.1, 0.15) is 0 Å². The Morgan fingerprint density at radius 3 is 2.85 bits per heavy atom. The maximum atomic E-state index is 11.8. The minimum atomic E-state index is -0.507. The minimum Gasteiger partial charge on any atom is -0.394 e. The van der Waals surface area contributed by atoms with Gasteiger partial charge in [0.25, 0.3) is 11.6 Å². The average molecular weight is 300 g/mol. The Hall–Kier alpha value is -1.64. The number of hydrogen-bond acceptors (Lipinski definition) is 6. The average Bonchev–Trinajstić information content (AvgIpc) is 2.46. The van der Waals surface area contributed by atoms with Gasteiger partial charge in [-0.1, -0.05) is 0 Å². The molecule has 1 aromatic carbocycles. The number of hydrogen-bond donors (Lipinski definition) is 2. The molecule has 0 fully saturated rings. The van der Waals surface area contributed by atoms with Crippen molar-refractivity contribution in [1.29, 1.82) is 0 Å². The Bertz CT molecular complexity index is 481. The largest absolute Gasteiger partial charge is 0.394 e. The second-order valence-corrected chi connectivity index (χ2v) is 4.58. The number of carbonyl (C=O) groups excluding carboxylic acids is 1. The molecule has 1 aromatic rings. The third-order valence-corrected chi connectivity index (χ3v) is 3.19. The van der Waals surface area contributed by atoms with E-state index in [1.165, 1.54) is 17.8 Å². The van der Waals surface area contributed by atoms with Crippen LogP contribution in [0, 0.1) is 10.1 Å². The van der Waals surface area contributed by atoms with E-state index >= 15 is 0 Å². The van der Waals surface area contributed by atoms with Crippen LogP contribution in [0.3, 0.4) is 0 Å². The fraction of sp³-hybridized carbons (Fsp3) is 0.417. The molecule has 0 aromatic heterocycles. The van der Waals surface area contributed by atoms with E-state index in [-0.39, 0.29) is 37.6 Å². The fourth-order valence-corrected chi connectivity index (χ4v) is 2.03. The lowest BCUT2D eigenvalue weighted by molar-refractivity contribution is -0.387. The van der Waals surface area contributed by atoms with Crippen LogP contribution < -0.4 is 5.32 Å². The van der Waals surface area contributed by atoms with E-state index in [0.29, 0.717) is 4.90 Å². The molecule has 8 heteroatoms. The summed E-state index contributed by atoms with van der Waals surface area (Å²) in [6, 6.07) is 4.36. The van der Waals surface area contributed by atoms with Gasteiger partial charge >= 0.3 is 0 Å². The van der Waals surface area contributed by atoms with Crippen molar-refractivity contribution < 1.29 is 19.6 Å². The van der Waals surface area contributed by atoms with E-state index in [2.05, 4.69) is 5.32 Å². The van der Waals surface area contributed by atoms with Crippen LogP contribution in [0.4, 0.5) is 5.69 Å². The van der Waals surface area contributed by atoms with Gasteiger partial charge in [-0.2, -0.15) is 0 Å². The summed E-state index contributed by atoms with van der Waals surface area (Å²) in [7, 11) is 0. The molecule has 0 aliphatic carbocycles. The second kappa shape index (κ2) is 8.51. The highest BCUT2D eigenvalue weighted by Gasteiger charge is 2.16. The molecule has 0 aliphatic rings. The molecule has 1 rings (SSSR count). The summed E-state index contributed by atoms with van der Waals surface area (Å²) in [5.74, 6) is -0.395. The number of ether oxygens (including phenoxy) is 1. The zero-order chi connectivity index (χ0) is 15.0. The lowest BCUT2D eigenvalue weighted by atomic mass is 10.2. The SMILES string of the molecule is CSc1ccc(C(=O)NCCOCCO)cc1[N+](=O)[O-]. The molecule has 2 N–H and O–H groups in total. The Morgan fingerprint density at radius 1 is 1.50 bits per heavy atom. The van der Waals surface area contributed by atoms with E-state index in [9.17, 15) is 14.9 Å². The van der Waals surface area contributed by atoms with E-state index < -0.39 is 10.8 Å². The lowest BCUT2D eigenvalue weighted by Crippen LogP contribution is -2.27. The summed E-state index contributed by atoms with van der Waals surface area (Å²) < 4.78 is 4.99. The number of rotatable bonds is 8. The van der Waals surface area contributed by atoms with Gasteiger partial charge in [0.15, 0.2) is 0 Å². The lowest BCUT2D eigenvalue weighted by Gasteiger charge is -2.06. The summed E-state index contributed by atoms with van der Waals surface area (Å²) in [4.78, 5) is 22.7. The molecule has 1 amide bonds. The summed E-state index contributed by atoms with van der Waals surface area (Å²) >= 11 is 1.25. The maximum Gasteiger partial charge on any atom is 0.283 e. The van der Waals surface area contributed by atoms with Gasteiger partial charge in [0, 0.05) is 18.2 Å². The number of carbonyl (C=O) groups is 1. The van der Waals surface area contributed by atoms with Gasteiger partial charge in [-0.25, -0.2) is 0 Å². The van der Waals surface area contributed by atoms with Gasteiger partial charge in [-0.3, -0.25) is 14.9 Å². The van der Waals surface area contributed by atoms with Crippen LogP contribution in [0.5, 0.6) is 0 Å². The fourth-order valence-electron chi connectivity index (χ4n) is 1.48. The Balaban J connectivity index is 2.64. The molecular weight excluding hydrogens is 284 g/mol. The van der Waals surface area contributed by atoms with Crippen molar-refractivity contribution in [3.05, 3.63) is 33.9 Å². The number of thioether (sulfide) groups is 1. The summed E-state index contributed by atoms with van der Waals surface area (Å²) in [6.07, 6.45) is 1.74. The van der Waals surface area contributed by atoms with Gasteiger partial charge in [-0.15, -0.1) is 11.8 Å². The van der Waals surface area contributed by atoms with Crippen LogP contribution in [-0.2, 0) is 4.74 Å². The number of nitrogens with zero attached hydrogens (tertiary/aromatic N) is 1. The van der Waals surface area contributed by atoms with Crippen LogP contribution >= 0.6 is 11.8 Å². The molecule has 7 nitrogen and oxygen atoms in total. The van der Waals surface area contributed by atoms with E-state index in [0.717, 1.165) is 0 Å². The predicted octanol–water partition coefficient (Wildman–Crippen LogP) is 1.06. The monoisotopic (exact) mass is 300 g/mol. The first-order valence-electron chi connectivity index (χ1n) is 5.89. The Morgan fingerprint density at radius 2 is 2.25 bits per heavy atom. The highest BCUT2D eigenvalue weighted by Crippen LogP contribution is 2.28. The first kappa shape index (κ1) is 16.4. The van der Waals surface area contributed by atoms with Gasteiger partial charge in [0.05, 0.1) is 29.6 Å². The maximum absolute atomic E-state index is 11.8.